The second-order valence-electron chi connectivity index (χ2n) is 3.89. The maximum Gasteiger partial charge on any atom is 0.353 e. The van der Waals surface area contributed by atoms with Gasteiger partial charge in [-0.15, -0.1) is 0 Å². The minimum Gasteiger partial charge on any atom is -0.259 e. The summed E-state index contributed by atoms with van der Waals surface area (Å²) in [7, 11) is 0. The highest BCUT2D eigenvalue weighted by Gasteiger charge is 2.13. The Kier molecular flexibility index (Phi) is 2.72. The highest BCUT2D eigenvalue weighted by Crippen LogP contribution is 2.21. The van der Waals surface area contributed by atoms with Crippen molar-refractivity contribution in [1.82, 2.24) is 9.55 Å². The van der Waals surface area contributed by atoms with Gasteiger partial charge in [0.05, 0.1) is 17.1 Å². The van der Waals surface area contributed by atoms with Crippen LogP contribution in [0, 0.1) is 0 Å². The molecule has 1 aliphatic heterocycles. The Morgan fingerprint density at radius 3 is 2.44 bits per heavy atom. The molecule has 0 fully saturated rings. The lowest BCUT2D eigenvalue weighted by atomic mass is 10.2. The highest BCUT2D eigenvalue weighted by molar-refractivity contribution is 9.10. The Morgan fingerprint density at radius 2 is 1.67 bits per heavy atom. The van der Waals surface area contributed by atoms with Crippen LogP contribution in [0.4, 0.5) is 0 Å². The Hall–Kier alpha value is -1.94. The molecular formula is C14H9BrN2O. The average molecular weight is 301 g/mol. The largest absolute Gasteiger partial charge is 0.353 e. The van der Waals surface area contributed by atoms with E-state index in [0.29, 0.717) is 5.69 Å². The molecule has 0 saturated heterocycles. The molecule has 0 aromatic heterocycles. The lowest BCUT2D eigenvalue weighted by molar-refractivity contribution is 1.000. The number of imidazole rings is 1. The zero-order valence-corrected chi connectivity index (χ0v) is 11.0. The van der Waals surface area contributed by atoms with Crippen molar-refractivity contribution >= 4 is 15.9 Å². The lowest BCUT2D eigenvalue weighted by Crippen LogP contribution is -2.14. The minimum atomic E-state index is -0.251. The minimum absolute atomic E-state index is 0.251. The third-order valence-electron chi connectivity index (χ3n) is 2.73. The summed E-state index contributed by atoms with van der Waals surface area (Å²) in [5.74, 6) is 0. The van der Waals surface area contributed by atoms with Crippen LogP contribution in [0.5, 0.6) is 0 Å². The molecule has 0 saturated carbocycles. The molecule has 88 valence electrons. The lowest BCUT2D eigenvalue weighted by Gasteiger charge is -2.04. The Morgan fingerprint density at radius 1 is 0.944 bits per heavy atom. The molecule has 18 heavy (non-hydrogen) atoms. The molecule has 4 heteroatoms. The molecule has 1 aromatic carbocycles. The van der Waals surface area contributed by atoms with Gasteiger partial charge in [-0.25, -0.2) is 4.79 Å². The van der Waals surface area contributed by atoms with Crippen molar-refractivity contribution in [3.8, 4) is 17.1 Å². The number of halogens is 1. The van der Waals surface area contributed by atoms with E-state index in [1.165, 1.54) is 0 Å². The van der Waals surface area contributed by atoms with E-state index in [-0.39, 0.29) is 5.69 Å². The zero-order chi connectivity index (χ0) is 12.5. The first-order valence-corrected chi connectivity index (χ1v) is 6.29. The van der Waals surface area contributed by atoms with Crippen LogP contribution in [0.1, 0.15) is 0 Å². The summed E-state index contributed by atoms with van der Waals surface area (Å²) in [6, 6.07) is 17.0. The monoisotopic (exact) mass is 300 g/mol. The number of rotatable bonds is 1. The van der Waals surface area contributed by atoms with Gasteiger partial charge in [-0.3, -0.25) is 4.57 Å². The summed E-state index contributed by atoms with van der Waals surface area (Å²) in [6.45, 7) is 0. The summed E-state index contributed by atoms with van der Waals surface area (Å²) in [5.41, 5.74) is 2.08. The quantitative estimate of drug-likeness (QED) is 0.692. The number of aromatic nitrogens is 2. The van der Waals surface area contributed by atoms with E-state index in [9.17, 15) is 4.79 Å². The summed E-state index contributed by atoms with van der Waals surface area (Å²) in [4.78, 5) is 16.0. The Labute approximate surface area is 112 Å². The summed E-state index contributed by atoms with van der Waals surface area (Å²) in [5, 5.41) is 0. The highest BCUT2D eigenvalue weighted by atomic mass is 79.9. The Balaban J connectivity index is 2.29. The predicted molar refractivity (Wildman–Crippen MR) is 74.2 cm³/mol. The van der Waals surface area contributed by atoms with E-state index in [1.807, 2.05) is 54.6 Å². The van der Waals surface area contributed by atoms with Gasteiger partial charge in [-0.05, 0) is 36.4 Å². The van der Waals surface area contributed by atoms with Crippen molar-refractivity contribution < 1.29 is 0 Å². The van der Waals surface area contributed by atoms with Crippen LogP contribution in [0.25, 0.3) is 17.1 Å². The van der Waals surface area contributed by atoms with Gasteiger partial charge in [0.25, 0.3) is 0 Å². The van der Waals surface area contributed by atoms with Gasteiger partial charge in [0.1, 0.15) is 0 Å². The van der Waals surface area contributed by atoms with Crippen molar-refractivity contribution in [2.75, 3.05) is 0 Å². The van der Waals surface area contributed by atoms with Crippen LogP contribution in [-0.2, 0) is 0 Å². The molecule has 1 heterocycles. The van der Waals surface area contributed by atoms with Crippen LogP contribution >= 0.6 is 15.9 Å². The third kappa shape index (κ3) is 1.84. The van der Waals surface area contributed by atoms with Gasteiger partial charge < -0.3 is 0 Å². The van der Waals surface area contributed by atoms with Crippen LogP contribution in [0.2, 0.25) is 0 Å². The first-order chi connectivity index (χ1) is 8.75. The van der Waals surface area contributed by atoms with E-state index < -0.39 is 0 Å². The van der Waals surface area contributed by atoms with Crippen molar-refractivity contribution in [2.45, 2.75) is 0 Å². The summed E-state index contributed by atoms with van der Waals surface area (Å²) >= 11 is 3.38. The molecule has 0 amide bonds. The average Bonchev–Trinajstić information content (AvgIpc) is 2.54. The van der Waals surface area contributed by atoms with E-state index >= 15 is 0 Å². The molecule has 0 unspecified atom stereocenters. The van der Waals surface area contributed by atoms with E-state index in [1.54, 1.807) is 4.57 Å². The zero-order valence-electron chi connectivity index (χ0n) is 9.38. The maximum absolute atomic E-state index is 12.0. The van der Waals surface area contributed by atoms with Crippen LogP contribution in [-0.4, -0.2) is 9.55 Å². The molecule has 0 atom stereocenters. The van der Waals surface area contributed by atoms with Gasteiger partial charge >= 0.3 is 5.69 Å². The van der Waals surface area contributed by atoms with E-state index in [2.05, 4.69) is 20.9 Å². The first kappa shape index (κ1) is 11.2. The van der Waals surface area contributed by atoms with Gasteiger partial charge in [0, 0.05) is 4.47 Å². The fourth-order valence-electron chi connectivity index (χ4n) is 1.91. The van der Waals surface area contributed by atoms with Gasteiger partial charge in [-0.2, -0.15) is 4.98 Å². The number of hydrogen-bond acceptors (Lipinski definition) is 2. The van der Waals surface area contributed by atoms with E-state index in [0.717, 1.165) is 15.9 Å². The van der Waals surface area contributed by atoms with E-state index in [4.69, 9.17) is 0 Å². The molecule has 1 aliphatic carbocycles. The normalized spacial score (nSPS) is 10.7. The molecule has 0 N–H and O–H groups in total. The fourth-order valence-corrected chi connectivity index (χ4v) is 2.17. The molecule has 0 bridgehead atoms. The predicted octanol–water partition coefficient (Wildman–Crippen LogP) is 3.10. The third-order valence-corrected chi connectivity index (χ3v) is 3.25. The van der Waals surface area contributed by atoms with Crippen molar-refractivity contribution in [2.24, 2.45) is 0 Å². The second-order valence-corrected chi connectivity index (χ2v) is 4.80. The van der Waals surface area contributed by atoms with Crippen LogP contribution < -0.4 is 5.69 Å². The standard InChI is InChI=1S/C14H9BrN2O/c15-10-6-8-11(9-7-10)17-13-5-3-1-2-4-12(13)16-14(17)18/h1-9H. The molecule has 2 aliphatic rings. The van der Waals surface area contributed by atoms with Gasteiger partial charge in [-0.1, -0.05) is 34.1 Å². The van der Waals surface area contributed by atoms with Crippen molar-refractivity contribution in [1.29, 1.82) is 0 Å². The molecule has 3 rings (SSSR count). The smallest absolute Gasteiger partial charge is 0.259 e. The molecule has 3 nitrogen and oxygen atoms in total. The number of hydrogen-bond donors (Lipinski definition) is 0. The number of nitrogens with zero attached hydrogens (tertiary/aromatic N) is 2. The topological polar surface area (TPSA) is 34.9 Å². The van der Waals surface area contributed by atoms with Gasteiger partial charge in [0.15, 0.2) is 0 Å². The van der Waals surface area contributed by atoms with Crippen molar-refractivity contribution in [3.05, 3.63) is 69.6 Å². The number of fused-ring (bicyclic) bond motifs is 1. The number of benzene rings is 1. The summed E-state index contributed by atoms with van der Waals surface area (Å²) in [6.07, 6.45) is 0. The second kappa shape index (κ2) is 4.38. The fraction of sp³-hybridized carbons (Fsp3) is 0. The maximum atomic E-state index is 12.0. The van der Waals surface area contributed by atoms with Crippen LogP contribution in [0.15, 0.2) is 63.9 Å². The summed E-state index contributed by atoms with van der Waals surface area (Å²) < 4.78 is 2.59. The Bertz CT molecular complexity index is 719. The first-order valence-electron chi connectivity index (χ1n) is 5.49. The van der Waals surface area contributed by atoms with Crippen molar-refractivity contribution in [3.63, 3.8) is 0 Å². The molecule has 0 radical (unpaired) electrons. The van der Waals surface area contributed by atoms with Gasteiger partial charge in [0.2, 0.25) is 0 Å². The SMILES string of the molecule is O=c1nc2cccccc-2n1-c1ccc(Br)cc1. The molecule has 1 aromatic rings. The molecule has 0 spiro atoms. The van der Waals surface area contributed by atoms with Crippen LogP contribution in [0.3, 0.4) is 0 Å². The molecular weight excluding hydrogens is 292 g/mol.